The Morgan fingerprint density at radius 3 is 2.50 bits per heavy atom. The third kappa shape index (κ3) is 4.81. The van der Waals surface area contributed by atoms with Crippen LogP contribution in [0.4, 0.5) is 8.78 Å². The highest BCUT2D eigenvalue weighted by atomic mass is 32.2. The average Bonchev–Trinajstić information content (AvgIpc) is 3.07. The van der Waals surface area contributed by atoms with Crippen LogP contribution in [0.25, 0.3) is 0 Å². The number of rotatable bonds is 8. The fourth-order valence-electron chi connectivity index (χ4n) is 1.81. The Balaban J connectivity index is 1.80. The molecular weight excluding hydrogens is 360 g/mol. The van der Waals surface area contributed by atoms with Crippen LogP contribution in [0.2, 0.25) is 0 Å². The molecule has 0 aliphatic heterocycles. The van der Waals surface area contributed by atoms with E-state index in [1.807, 2.05) is 6.07 Å². The molecule has 0 aliphatic rings. The number of furan rings is 1. The van der Waals surface area contributed by atoms with E-state index in [1.165, 1.54) is 12.1 Å². The number of thioether (sulfide) groups is 1. The van der Waals surface area contributed by atoms with Gasteiger partial charge in [-0.25, -0.2) is 8.42 Å². The number of hydrogen-bond donors (Lipinski definition) is 1. The highest BCUT2D eigenvalue weighted by Crippen LogP contribution is 2.18. The van der Waals surface area contributed by atoms with Crippen LogP contribution >= 0.6 is 11.8 Å². The average molecular weight is 375 g/mol. The molecule has 0 fully saturated rings. The summed E-state index contributed by atoms with van der Waals surface area (Å²) in [6.45, 7) is 0.418. The summed E-state index contributed by atoms with van der Waals surface area (Å²) < 4.78 is 52.6. The SMILES string of the molecule is O=C(NCCSCc1ccco1)c1ccc(S(=O)(=O)C(F)F)cc1. The predicted octanol–water partition coefficient (Wildman–Crippen LogP) is 2.94. The molecule has 5 nitrogen and oxygen atoms in total. The normalized spacial score (nSPS) is 11.6. The molecule has 1 heterocycles. The Morgan fingerprint density at radius 1 is 1.21 bits per heavy atom. The highest BCUT2D eigenvalue weighted by Gasteiger charge is 2.26. The molecule has 2 rings (SSSR count). The molecule has 1 aromatic carbocycles. The maximum absolute atomic E-state index is 12.4. The summed E-state index contributed by atoms with van der Waals surface area (Å²) in [5.41, 5.74) is 0.208. The monoisotopic (exact) mass is 375 g/mol. The minimum atomic E-state index is -4.64. The number of benzene rings is 1. The topological polar surface area (TPSA) is 76.4 Å². The first-order chi connectivity index (χ1) is 11.4. The molecule has 130 valence electrons. The zero-order valence-corrected chi connectivity index (χ0v) is 14.1. The fourth-order valence-corrected chi connectivity index (χ4v) is 3.28. The Kier molecular flexibility index (Phi) is 6.38. The van der Waals surface area contributed by atoms with E-state index in [0.29, 0.717) is 18.1 Å². The first-order valence-electron chi connectivity index (χ1n) is 6.91. The van der Waals surface area contributed by atoms with E-state index in [1.54, 1.807) is 24.1 Å². The molecular formula is C15H15F2NO4S2. The van der Waals surface area contributed by atoms with Gasteiger partial charge in [-0.05, 0) is 36.4 Å². The Morgan fingerprint density at radius 2 is 1.92 bits per heavy atom. The van der Waals surface area contributed by atoms with Crippen LogP contribution in [0, 0.1) is 0 Å². The highest BCUT2D eigenvalue weighted by molar-refractivity contribution is 7.98. The maximum atomic E-state index is 12.4. The lowest BCUT2D eigenvalue weighted by Gasteiger charge is -2.06. The van der Waals surface area contributed by atoms with Crippen LogP contribution in [0.1, 0.15) is 16.1 Å². The van der Waals surface area contributed by atoms with Crippen LogP contribution in [0.15, 0.2) is 52.0 Å². The van der Waals surface area contributed by atoms with Crippen molar-refractivity contribution in [3.8, 4) is 0 Å². The van der Waals surface area contributed by atoms with E-state index in [4.69, 9.17) is 4.42 Å². The van der Waals surface area contributed by atoms with E-state index in [-0.39, 0.29) is 5.56 Å². The van der Waals surface area contributed by atoms with Crippen LogP contribution in [-0.2, 0) is 15.6 Å². The summed E-state index contributed by atoms with van der Waals surface area (Å²) in [4.78, 5) is 11.4. The molecule has 9 heteroatoms. The van der Waals surface area contributed by atoms with Crippen molar-refractivity contribution in [2.75, 3.05) is 12.3 Å². The second kappa shape index (κ2) is 8.29. The lowest BCUT2D eigenvalue weighted by molar-refractivity contribution is 0.0956. The molecule has 0 radical (unpaired) electrons. The van der Waals surface area contributed by atoms with Gasteiger partial charge in [-0.2, -0.15) is 20.5 Å². The summed E-state index contributed by atoms with van der Waals surface area (Å²) in [5, 5.41) is 2.67. The molecule has 0 bridgehead atoms. The molecule has 0 saturated heterocycles. The summed E-state index contributed by atoms with van der Waals surface area (Å²) in [6.07, 6.45) is 1.59. The van der Waals surface area contributed by atoms with Gasteiger partial charge in [0.15, 0.2) is 0 Å². The second-order valence-electron chi connectivity index (χ2n) is 4.72. The van der Waals surface area contributed by atoms with Crippen molar-refractivity contribution >= 4 is 27.5 Å². The molecule has 0 saturated carbocycles. The molecule has 2 aromatic rings. The summed E-state index contributed by atoms with van der Waals surface area (Å²) >= 11 is 1.59. The largest absolute Gasteiger partial charge is 0.468 e. The number of amides is 1. The standard InChI is InChI=1S/C15H15F2NO4S2/c16-15(17)24(20,21)13-5-3-11(4-6-13)14(19)18-7-9-23-10-12-2-1-8-22-12/h1-6,8,15H,7,9-10H2,(H,18,19). The zero-order chi connectivity index (χ0) is 17.6. The van der Waals surface area contributed by atoms with Gasteiger partial charge in [0.2, 0.25) is 9.84 Å². The van der Waals surface area contributed by atoms with Gasteiger partial charge < -0.3 is 9.73 Å². The van der Waals surface area contributed by atoms with Crippen molar-refractivity contribution in [2.45, 2.75) is 16.4 Å². The summed E-state index contributed by atoms with van der Waals surface area (Å²) in [5.74, 6) is -1.66. The van der Waals surface area contributed by atoms with Gasteiger partial charge in [-0.1, -0.05) is 0 Å². The third-order valence-electron chi connectivity index (χ3n) is 3.04. The van der Waals surface area contributed by atoms with Gasteiger partial charge in [-0.3, -0.25) is 4.79 Å². The number of nitrogens with one attached hydrogen (secondary N) is 1. The lowest BCUT2D eigenvalue weighted by Crippen LogP contribution is -2.25. The van der Waals surface area contributed by atoms with E-state index in [2.05, 4.69) is 5.32 Å². The minimum absolute atomic E-state index is 0.208. The zero-order valence-electron chi connectivity index (χ0n) is 12.4. The van der Waals surface area contributed by atoms with Gasteiger partial charge in [0, 0.05) is 17.9 Å². The first-order valence-corrected chi connectivity index (χ1v) is 9.62. The molecule has 1 N–H and O–H groups in total. The van der Waals surface area contributed by atoms with Gasteiger partial charge in [0.05, 0.1) is 16.9 Å². The Labute approximate surface area is 142 Å². The van der Waals surface area contributed by atoms with Gasteiger partial charge in [0.25, 0.3) is 5.91 Å². The van der Waals surface area contributed by atoms with Crippen LogP contribution in [-0.4, -0.2) is 32.4 Å². The summed E-state index contributed by atoms with van der Waals surface area (Å²) in [7, 11) is -4.64. The minimum Gasteiger partial charge on any atom is -0.468 e. The quantitative estimate of drug-likeness (QED) is 0.718. The molecule has 1 aromatic heterocycles. The van der Waals surface area contributed by atoms with Crippen molar-refractivity contribution in [1.82, 2.24) is 5.32 Å². The molecule has 0 unspecified atom stereocenters. The van der Waals surface area contributed by atoms with Crippen LogP contribution < -0.4 is 5.32 Å². The molecule has 0 aliphatic carbocycles. The molecule has 0 spiro atoms. The molecule has 0 atom stereocenters. The van der Waals surface area contributed by atoms with Gasteiger partial charge in [-0.15, -0.1) is 0 Å². The third-order valence-corrected chi connectivity index (χ3v) is 5.42. The van der Waals surface area contributed by atoms with Crippen molar-refractivity contribution < 1.29 is 26.4 Å². The molecule has 24 heavy (non-hydrogen) atoms. The van der Waals surface area contributed by atoms with E-state index in [9.17, 15) is 22.0 Å². The van der Waals surface area contributed by atoms with Crippen LogP contribution in [0.5, 0.6) is 0 Å². The van der Waals surface area contributed by atoms with E-state index < -0.39 is 26.4 Å². The number of hydrogen-bond acceptors (Lipinski definition) is 5. The number of alkyl halides is 2. The second-order valence-corrected chi connectivity index (χ2v) is 7.74. The predicted molar refractivity (Wildman–Crippen MR) is 86.8 cm³/mol. The lowest BCUT2D eigenvalue weighted by atomic mass is 10.2. The fraction of sp³-hybridized carbons (Fsp3) is 0.267. The number of carbonyl (C=O) groups excluding carboxylic acids is 1. The van der Waals surface area contributed by atoms with Gasteiger partial charge >= 0.3 is 5.76 Å². The Hall–Kier alpha value is -1.87. The Bertz CT molecular complexity index is 759. The number of halogens is 2. The number of carbonyl (C=O) groups is 1. The number of sulfone groups is 1. The van der Waals surface area contributed by atoms with Crippen molar-refractivity contribution in [3.63, 3.8) is 0 Å². The smallest absolute Gasteiger partial charge is 0.341 e. The van der Waals surface area contributed by atoms with E-state index >= 15 is 0 Å². The van der Waals surface area contributed by atoms with Gasteiger partial charge in [0.1, 0.15) is 5.76 Å². The summed E-state index contributed by atoms with van der Waals surface area (Å²) in [6, 6.07) is 8.08. The maximum Gasteiger partial charge on any atom is 0.341 e. The van der Waals surface area contributed by atoms with E-state index in [0.717, 1.165) is 17.9 Å². The van der Waals surface area contributed by atoms with Crippen molar-refractivity contribution in [3.05, 3.63) is 54.0 Å². The van der Waals surface area contributed by atoms with Crippen molar-refractivity contribution in [1.29, 1.82) is 0 Å². The van der Waals surface area contributed by atoms with Crippen molar-refractivity contribution in [2.24, 2.45) is 0 Å². The van der Waals surface area contributed by atoms with Crippen LogP contribution in [0.3, 0.4) is 0 Å². The molecule has 1 amide bonds. The first kappa shape index (κ1) is 18.5.